The van der Waals surface area contributed by atoms with E-state index in [-0.39, 0.29) is 11.4 Å². The quantitative estimate of drug-likeness (QED) is 0.833. The number of nitrogens with zero attached hydrogens (tertiary/aromatic N) is 4. The molecule has 7 heteroatoms. The van der Waals surface area contributed by atoms with Gasteiger partial charge < -0.3 is 9.88 Å². The van der Waals surface area contributed by atoms with Gasteiger partial charge in [-0.05, 0) is 31.6 Å². The number of carbonyl (C=O) groups is 1. The minimum atomic E-state index is -0.0376. The van der Waals surface area contributed by atoms with E-state index in [1.807, 2.05) is 16.6 Å². The van der Waals surface area contributed by atoms with Gasteiger partial charge in [0.1, 0.15) is 5.69 Å². The van der Waals surface area contributed by atoms with Gasteiger partial charge in [-0.3, -0.25) is 9.69 Å². The summed E-state index contributed by atoms with van der Waals surface area (Å²) >= 11 is 1.61. The Balaban J connectivity index is 1.51. The molecule has 28 heavy (non-hydrogen) atoms. The second-order valence-corrected chi connectivity index (χ2v) is 9.46. The van der Waals surface area contributed by atoms with Crippen molar-refractivity contribution in [1.82, 2.24) is 24.8 Å². The number of thiazole rings is 1. The van der Waals surface area contributed by atoms with Gasteiger partial charge in [-0.15, -0.1) is 11.3 Å². The van der Waals surface area contributed by atoms with Crippen LogP contribution in [0.15, 0.2) is 11.7 Å². The zero-order chi connectivity index (χ0) is 19.7. The molecule has 2 aliphatic rings. The maximum Gasteiger partial charge on any atom is 0.273 e. The lowest BCUT2D eigenvalue weighted by Crippen LogP contribution is -2.57. The van der Waals surface area contributed by atoms with Crippen molar-refractivity contribution in [1.29, 1.82) is 0 Å². The average Bonchev–Trinajstić information content (AvgIpc) is 3.34. The van der Waals surface area contributed by atoms with E-state index < -0.39 is 0 Å². The molecule has 2 aromatic heterocycles. The fourth-order valence-electron chi connectivity index (χ4n) is 4.76. The van der Waals surface area contributed by atoms with E-state index in [2.05, 4.69) is 35.6 Å². The molecule has 0 aliphatic carbocycles. The molecule has 6 nitrogen and oxygen atoms in total. The largest absolute Gasteiger partial charge is 0.348 e. The Bertz CT molecular complexity index is 818. The first-order valence-corrected chi connectivity index (χ1v) is 11.4. The Labute approximate surface area is 171 Å². The molecule has 0 atom stereocenters. The number of imidazole rings is 1. The molecule has 0 radical (unpaired) electrons. The van der Waals surface area contributed by atoms with Gasteiger partial charge >= 0.3 is 0 Å². The lowest BCUT2D eigenvalue weighted by Gasteiger charge is -2.51. The van der Waals surface area contributed by atoms with Crippen LogP contribution < -0.4 is 0 Å². The van der Waals surface area contributed by atoms with Crippen LogP contribution >= 0.6 is 11.3 Å². The van der Waals surface area contributed by atoms with Crippen molar-refractivity contribution in [3.63, 3.8) is 0 Å². The third kappa shape index (κ3) is 3.50. The lowest BCUT2D eigenvalue weighted by molar-refractivity contribution is 0.000476. The molecule has 0 aromatic carbocycles. The highest BCUT2D eigenvalue weighted by Crippen LogP contribution is 2.42. The molecule has 0 unspecified atom stereocenters. The van der Waals surface area contributed by atoms with Crippen molar-refractivity contribution in [3.8, 4) is 0 Å². The van der Waals surface area contributed by atoms with Crippen LogP contribution in [0.5, 0.6) is 0 Å². The fourth-order valence-corrected chi connectivity index (χ4v) is 5.64. The lowest BCUT2D eigenvalue weighted by atomic mass is 9.78. The number of fused-ring (bicyclic) bond motifs is 2. The topological polar surface area (TPSA) is 65.1 Å². The average molecular weight is 402 g/mol. The Hall–Kier alpha value is -1.73. The van der Waals surface area contributed by atoms with Crippen molar-refractivity contribution in [2.75, 3.05) is 26.2 Å². The fraction of sp³-hybridized carbons (Fsp3) is 0.667. The third-order valence-corrected chi connectivity index (χ3v) is 7.00. The van der Waals surface area contributed by atoms with E-state index in [0.717, 1.165) is 63.3 Å². The van der Waals surface area contributed by atoms with Crippen molar-refractivity contribution < 1.29 is 4.79 Å². The number of hydrogen-bond acceptors (Lipinski definition) is 5. The van der Waals surface area contributed by atoms with Gasteiger partial charge in [0.25, 0.3) is 5.91 Å². The Kier molecular flexibility index (Phi) is 5.56. The number of rotatable bonds is 5. The molecule has 1 amide bonds. The molecular formula is C21H31N5OS. The third-order valence-electron chi connectivity index (χ3n) is 6.09. The maximum absolute atomic E-state index is 13.0. The zero-order valence-corrected chi connectivity index (χ0v) is 18.0. The molecular weight excluding hydrogens is 370 g/mol. The summed E-state index contributed by atoms with van der Waals surface area (Å²) < 4.78 is 0. The van der Waals surface area contributed by atoms with Gasteiger partial charge in [0.2, 0.25) is 0 Å². The van der Waals surface area contributed by atoms with Gasteiger partial charge in [-0.2, -0.15) is 0 Å². The second kappa shape index (κ2) is 7.95. The van der Waals surface area contributed by atoms with Crippen LogP contribution in [0.25, 0.3) is 0 Å². The minimum absolute atomic E-state index is 0.0376. The summed E-state index contributed by atoms with van der Waals surface area (Å²) in [6.45, 7) is 10.4. The molecule has 2 aromatic rings. The molecule has 1 fully saturated rings. The summed E-state index contributed by atoms with van der Waals surface area (Å²) in [6.07, 6.45) is 6.77. The summed E-state index contributed by atoms with van der Waals surface area (Å²) in [4.78, 5) is 30.2. The number of H-pyrrole nitrogens is 1. The number of amides is 1. The number of aromatic amines is 1. The van der Waals surface area contributed by atoms with E-state index in [1.54, 1.807) is 11.3 Å². The first-order valence-electron chi connectivity index (χ1n) is 10.5. The van der Waals surface area contributed by atoms with E-state index in [9.17, 15) is 4.79 Å². The Morgan fingerprint density at radius 2 is 2.11 bits per heavy atom. The SMILES string of the molecule is CCCc1nc(C(=O)N2CCC3(CC2)c2nc[nH]c2CCN3CC(C)C)cs1. The summed E-state index contributed by atoms with van der Waals surface area (Å²) in [5.41, 5.74) is 3.07. The molecule has 0 bridgehead atoms. The number of carbonyl (C=O) groups excluding carboxylic acids is 1. The number of aromatic nitrogens is 3. The minimum Gasteiger partial charge on any atom is -0.348 e. The van der Waals surface area contributed by atoms with Crippen molar-refractivity contribution in [2.45, 2.75) is 58.4 Å². The molecule has 4 rings (SSSR count). The maximum atomic E-state index is 13.0. The molecule has 1 spiro atoms. The molecule has 152 valence electrons. The van der Waals surface area contributed by atoms with Crippen molar-refractivity contribution >= 4 is 17.2 Å². The number of nitrogens with one attached hydrogen (secondary N) is 1. The first-order chi connectivity index (χ1) is 13.5. The summed E-state index contributed by atoms with van der Waals surface area (Å²) in [6, 6.07) is 0. The van der Waals surface area contributed by atoms with Gasteiger partial charge in [0.15, 0.2) is 0 Å². The highest BCUT2D eigenvalue weighted by atomic mass is 32.1. The van der Waals surface area contributed by atoms with Crippen LogP contribution in [0.3, 0.4) is 0 Å². The van der Waals surface area contributed by atoms with E-state index in [4.69, 9.17) is 4.98 Å². The van der Waals surface area contributed by atoms with E-state index >= 15 is 0 Å². The number of hydrogen-bond donors (Lipinski definition) is 1. The van der Waals surface area contributed by atoms with Crippen molar-refractivity contribution in [3.05, 3.63) is 33.8 Å². The molecule has 2 aliphatic heterocycles. The van der Waals surface area contributed by atoms with Crippen LogP contribution in [0.2, 0.25) is 0 Å². The monoisotopic (exact) mass is 401 g/mol. The Morgan fingerprint density at radius 1 is 1.32 bits per heavy atom. The van der Waals surface area contributed by atoms with Gasteiger partial charge in [-0.25, -0.2) is 9.97 Å². The zero-order valence-electron chi connectivity index (χ0n) is 17.2. The molecule has 1 saturated heterocycles. The smallest absolute Gasteiger partial charge is 0.273 e. The van der Waals surface area contributed by atoms with Crippen LogP contribution in [0.4, 0.5) is 0 Å². The summed E-state index contributed by atoms with van der Waals surface area (Å²) in [5.74, 6) is 0.700. The van der Waals surface area contributed by atoms with E-state index in [0.29, 0.717) is 11.6 Å². The second-order valence-electron chi connectivity index (χ2n) is 8.52. The van der Waals surface area contributed by atoms with E-state index in [1.165, 1.54) is 11.4 Å². The van der Waals surface area contributed by atoms with Crippen LogP contribution in [0, 0.1) is 5.92 Å². The normalized spacial score (nSPS) is 19.4. The molecule has 4 heterocycles. The van der Waals surface area contributed by atoms with Crippen LogP contribution in [0.1, 0.15) is 66.9 Å². The summed E-state index contributed by atoms with van der Waals surface area (Å²) in [5, 5.41) is 2.99. The first kappa shape index (κ1) is 19.6. The molecule has 1 N–H and O–H groups in total. The standard InChI is InChI=1S/C21H31N5OS/c1-4-5-18-24-17(13-28-18)20(27)25-10-7-21(8-11-25)19-16(22-14-23-19)6-9-26(21)12-15(2)3/h13-15H,4-12H2,1-3H3,(H,22,23). The highest BCUT2D eigenvalue weighted by molar-refractivity contribution is 7.09. The van der Waals surface area contributed by atoms with Gasteiger partial charge in [0, 0.05) is 43.7 Å². The van der Waals surface area contributed by atoms with Crippen LogP contribution in [-0.4, -0.2) is 56.8 Å². The Morgan fingerprint density at radius 3 is 2.82 bits per heavy atom. The molecule has 0 saturated carbocycles. The number of piperidine rings is 1. The summed E-state index contributed by atoms with van der Waals surface area (Å²) in [7, 11) is 0. The highest BCUT2D eigenvalue weighted by Gasteiger charge is 2.47. The van der Waals surface area contributed by atoms with Crippen molar-refractivity contribution in [2.24, 2.45) is 5.92 Å². The van der Waals surface area contributed by atoms with Gasteiger partial charge in [-0.1, -0.05) is 20.8 Å². The number of likely N-dealkylation sites (tertiary alicyclic amines) is 1. The number of aryl methyl sites for hydroxylation is 1. The van der Waals surface area contributed by atoms with Gasteiger partial charge in [0.05, 0.1) is 22.6 Å². The predicted octanol–water partition coefficient (Wildman–Crippen LogP) is 3.46. The van der Waals surface area contributed by atoms with Crippen LogP contribution in [-0.2, 0) is 18.4 Å². The predicted molar refractivity (Wildman–Crippen MR) is 112 cm³/mol.